The Morgan fingerprint density at radius 1 is 0.894 bits per heavy atom. The van der Waals surface area contributed by atoms with Crippen molar-refractivity contribution in [3.05, 3.63) is 119 Å². The smallest absolute Gasteiger partial charge is 0.303 e. The fourth-order valence-corrected chi connectivity index (χ4v) is 8.11. The van der Waals surface area contributed by atoms with E-state index in [0.29, 0.717) is 44.5 Å². The van der Waals surface area contributed by atoms with E-state index in [2.05, 4.69) is 69.3 Å². The number of rotatable bonds is 9. The average Bonchev–Trinajstić information content (AvgIpc) is 3.57. The van der Waals surface area contributed by atoms with Crippen LogP contribution in [0.4, 0.5) is 5.69 Å². The van der Waals surface area contributed by atoms with Crippen LogP contribution >= 0.6 is 35.0 Å². The van der Waals surface area contributed by atoms with Gasteiger partial charge < -0.3 is 4.57 Å². The minimum atomic E-state index is -3.96. The van der Waals surface area contributed by atoms with Crippen molar-refractivity contribution >= 4 is 56.8 Å². The predicted molar refractivity (Wildman–Crippen MR) is 193 cm³/mol. The molecule has 1 N–H and O–H groups in total. The molecule has 1 aliphatic heterocycles. The average molecular weight is 706 g/mol. The molecular formula is C36H34Cl2N4O3S2. The third kappa shape index (κ3) is 7.70. The lowest BCUT2D eigenvalue weighted by Gasteiger charge is -2.17. The molecule has 0 radical (unpaired) electrons. The highest BCUT2D eigenvalue weighted by molar-refractivity contribution is 7.99. The van der Waals surface area contributed by atoms with Gasteiger partial charge in [-0.15, -0.1) is 11.8 Å². The van der Waals surface area contributed by atoms with E-state index in [1.165, 1.54) is 4.90 Å². The van der Waals surface area contributed by atoms with Crippen molar-refractivity contribution in [2.75, 3.05) is 16.6 Å². The summed E-state index contributed by atoms with van der Waals surface area (Å²) in [6.45, 7) is 6.53. The first-order valence-corrected chi connectivity index (χ1v) is 18.3. The number of imidazole rings is 1. The molecule has 0 unspecified atom stereocenters. The van der Waals surface area contributed by atoms with E-state index in [1.807, 2.05) is 45.4 Å². The van der Waals surface area contributed by atoms with Crippen molar-refractivity contribution in [3.63, 3.8) is 0 Å². The summed E-state index contributed by atoms with van der Waals surface area (Å²) in [6.07, 6.45) is 3.52. The zero-order valence-corrected chi connectivity index (χ0v) is 29.3. The highest BCUT2D eigenvalue weighted by atomic mass is 35.5. The number of aromatic nitrogens is 2. The molecule has 1 saturated heterocycles. The monoisotopic (exact) mass is 704 g/mol. The van der Waals surface area contributed by atoms with Crippen molar-refractivity contribution in [1.29, 1.82) is 0 Å². The lowest BCUT2D eigenvalue weighted by atomic mass is 9.94. The van der Waals surface area contributed by atoms with Crippen LogP contribution in [0.2, 0.25) is 10.0 Å². The summed E-state index contributed by atoms with van der Waals surface area (Å²) in [4.78, 5) is 18.1. The van der Waals surface area contributed by atoms with E-state index >= 15 is 0 Å². The number of amides is 1. The Hall–Kier alpha value is -3.76. The highest BCUT2D eigenvalue weighted by Crippen LogP contribution is 2.35. The third-order valence-electron chi connectivity index (χ3n) is 7.85. The van der Waals surface area contributed by atoms with Gasteiger partial charge in [0.05, 0.1) is 21.4 Å². The molecule has 7 nitrogen and oxygen atoms in total. The molecule has 47 heavy (non-hydrogen) atoms. The van der Waals surface area contributed by atoms with Gasteiger partial charge in [0.2, 0.25) is 0 Å². The molecule has 1 aromatic heterocycles. The number of nitrogens with one attached hydrogen (secondary N) is 1. The van der Waals surface area contributed by atoms with Gasteiger partial charge in [0, 0.05) is 28.8 Å². The minimum Gasteiger partial charge on any atom is -0.303 e. The first-order valence-electron chi connectivity index (χ1n) is 15.1. The first-order chi connectivity index (χ1) is 22.4. The second-order valence-electron chi connectivity index (χ2n) is 12.6. The molecule has 4 aromatic carbocycles. The van der Waals surface area contributed by atoms with Gasteiger partial charge in [0.25, 0.3) is 5.91 Å². The fourth-order valence-electron chi connectivity index (χ4n) is 5.29. The Bertz CT molecular complexity index is 2040. The lowest BCUT2D eigenvalue weighted by Crippen LogP contribution is -2.29. The second kappa shape index (κ2) is 13.4. The highest BCUT2D eigenvalue weighted by Gasteiger charge is 2.34. The van der Waals surface area contributed by atoms with Gasteiger partial charge >= 0.3 is 10.2 Å². The van der Waals surface area contributed by atoms with Crippen molar-refractivity contribution in [2.24, 2.45) is 5.41 Å². The fraction of sp³-hybridized carbons (Fsp3) is 0.222. The number of benzene rings is 4. The molecule has 2 heterocycles. The first kappa shape index (κ1) is 33.2. The van der Waals surface area contributed by atoms with Crippen LogP contribution in [0.25, 0.3) is 28.1 Å². The van der Waals surface area contributed by atoms with Crippen molar-refractivity contribution in [3.8, 4) is 28.1 Å². The summed E-state index contributed by atoms with van der Waals surface area (Å²) < 4.78 is 30.1. The molecule has 5 aromatic rings. The van der Waals surface area contributed by atoms with Crippen LogP contribution in [0.5, 0.6) is 0 Å². The molecule has 1 aliphatic rings. The lowest BCUT2D eigenvalue weighted by molar-refractivity contribution is -0.117. The molecule has 0 atom stereocenters. The summed E-state index contributed by atoms with van der Waals surface area (Å²) >= 11 is 14.8. The maximum absolute atomic E-state index is 12.6. The predicted octanol–water partition coefficient (Wildman–Crippen LogP) is 8.81. The number of halogens is 2. The standard InChI is InChI=1S/C36H34Cl2N4O3S2/c1-36(2,3)18-19-46-29-16-14-26(15-17-29)25-12-10-24(11-13-25)20-33-39-32(30-8-5-9-31(37)35(30)38)22-41(33)27-6-4-7-28(21-27)42-23-34(43)40-47(42,44)45/h4-17,21-22H,18-20,23H2,1-3H3,(H,40,43). The van der Waals surface area contributed by atoms with Crippen LogP contribution < -0.4 is 9.03 Å². The Kier molecular flexibility index (Phi) is 9.45. The SMILES string of the molecule is CC(C)(C)CCSc1ccc(-c2ccc(Cc3nc(-c4cccc(Cl)c4Cl)cn3-c3cccc(N4CC(=O)NS4(=O)=O)c3)cc2)cc1. The molecule has 1 amide bonds. The molecule has 11 heteroatoms. The van der Waals surface area contributed by atoms with Gasteiger partial charge in [-0.1, -0.05) is 98.6 Å². The zero-order valence-electron chi connectivity index (χ0n) is 26.2. The van der Waals surface area contributed by atoms with Gasteiger partial charge in [-0.25, -0.2) is 14.0 Å². The van der Waals surface area contributed by atoms with E-state index in [4.69, 9.17) is 28.2 Å². The van der Waals surface area contributed by atoms with E-state index in [0.717, 1.165) is 39.0 Å². The Morgan fingerprint density at radius 2 is 1.55 bits per heavy atom. The van der Waals surface area contributed by atoms with Crippen LogP contribution in [0.15, 0.2) is 102 Å². The Labute approximate surface area is 290 Å². The van der Waals surface area contributed by atoms with Gasteiger partial charge in [-0.05, 0) is 70.7 Å². The maximum Gasteiger partial charge on any atom is 0.326 e. The largest absolute Gasteiger partial charge is 0.326 e. The number of nitrogens with zero attached hydrogens (tertiary/aromatic N) is 3. The minimum absolute atomic E-state index is 0.281. The van der Waals surface area contributed by atoms with Crippen LogP contribution in [0, 0.1) is 5.41 Å². The number of thioether (sulfide) groups is 1. The van der Waals surface area contributed by atoms with Gasteiger partial charge in [-0.3, -0.25) is 4.79 Å². The zero-order chi connectivity index (χ0) is 33.3. The summed E-state index contributed by atoms with van der Waals surface area (Å²) in [5, 5.41) is 0.820. The molecule has 0 bridgehead atoms. The second-order valence-corrected chi connectivity index (χ2v) is 16.2. The topological polar surface area (TPSA) is 84.3 Å². The third-order valence-corrected chi connectivity index (χ3v) is 11.1. The summed E-state index contributed by atoms with van der Waals surface area (Å²) in [6, 6.07) is 29.5. The Morgan fingerprint density at radius 3 is 2.21 bits per heavy atom. The van der Waals surface area contributed by atoms with Crippen molar-refractivity contribution in [2.45, 2.75) is 38.5 Å². The molecule has 242 valence electrons. The Balaban J connectivity index is 1.29. The maximum atomic E-state index is 12.6. The molecule has 6 rings (SSSR count). The van der Waals surface area contributed by atoms with E-state index in [-0.39, 0.29) is 6.54 Å². The molecule has 0 spiro atoms. The summed E-state index contributed by atoms with van der Waals surface area (Å²) in [7, 11) is -3.96. The molecule has 1 fully saturated rings. The van der Waals surface area contributed by atoms with Crippen LogP contribution in [-0.2, 0) is 21.4 Å². The van der Waals surface area contributed by atoms with E-state index in [9.17, 15) is 13.2 Å². The molecule has 0 saturated carbocycles. The van der Waals surface area contributed by atoms with Crippen molar-refractivity contribution < 1.29 is 13.2 Å². The molecular weight excluding hydrogens is 671 g/mol. The number of anilines is 1. The molecule has 0 aliphatic carbocycles. The van der Waals surface area contributed by atoms with E-state index in [1.54, 1.807) is 24.3 Å². The number of hydrogen-bond acceptors (Lipinski definition) is 5. The summed E-state index contributed by atoms with van der Waals surface area (Å²) in [5.74, 6) is 1.24. The van der Waals surface area contributed by atoms with Gasteiger partial charge in [0.1, 0.15) is 12.4 Å². The number of hydrogen-bond donors (Lipinski definition) is 1. The van der Waals surface area contributed by atoms with Crippen molar-refractivity contribution in [1.82, 2.24) is 14.3 Å². The van der Waals surface area contributed by atoms with Crippen LogP contribution in [0.1, 0.15) is 38.6 Å². The van der Waals surface area contributed by atoms with Gasteiger partial charge in [-0.2, -0.15) is 8.42 Å². The van der Waals surface area contributed by atoms with Gasteiger partial charge in [0.15, 0.2) is 0 Å². The van der Waals surface area contributed by atoms with Crippen LogP contribution in [0.3, 0.4) is 0 Å². The quantitative estimate of drug-likeness (QED) is 0.155. The number of carbonyl (C=O) groups excluding carboxylic acids is 1. The van der Waals surface area contributed by atoms with Crippen LogP contribution in [-0.4, -0.2) is 36.2 Å². The summed E-state index contributed by atoms with van der Waals surface area (Å²) in [5.41, 5.74) is 6.01. The van der Waals surface area contributed by atoms with E-state index < -0.39 is 16.1 Å². The normalized spacial score (nSPS) is 14.4. The number of carbonyl (C=O) groups is 1.